The summed E-state index contributed by atoms with van der Waals surface area (Å²) in [4.78, 5) is 0.242. The average Bonchev–Trinajstić information content (AvgIpc) is 2.52. The van der Waals surface area contributed by atoms with Crippen LogP contribution in [-0.2, 0) is 0 Å². The smallest absolute Gasteiger partial charge is 0.134 e. The second kappa shape index (κ2) is 2.85. The van der Waals surface area contributed by atoms with Gasteiger partial charge in [-0.05, 0) is 69.6 Å². The monoisotopic (exact) mass is 236 g/mol. The van der Waals surface area contributed by atoms with Gasteiger partial charge in [-0.1, -0.05) is 11.8 Å². The van der Waals surface area contributed by atoms with Crippen LogP contribution in [0.15, 0.2) is 10.2 Å². The van der Waals surface area contributed by atoms with E-state index in [1.165, 1.54) is 32.1 Å². The molecule has 0 aromatic rings. The number of thioether (sulfide) groups is 1. The highest BCUT2D eigenvalue weighted by atomic mass is 32.2. The van der Waals surface area contributed by atoms with Gasteiger partial charge in [-0.25, -0.2) is 0 Å². The van der Waals surface area contributed by atoms with Crippen molar-refractivity contribution in [1.29, 1.82) is 0 Å². The summed E-state index contributed by atoms with van der Waals surface area (Å²) in [5.74, 6) is 3.76. The molecule has 0 N–H and O–H groups in total. The van der Waals surface area contributed by atoms with Gasteiger partial charge >= 0.3 is 0 Å². The van der Waals surface area contributed by atoms with E-state index in [2.05, 4.69) is 30.7 Å². The van der Waals surface area contributed by atoms with E-state index in [9.17, 15) is 0 Å². The number of rotatable bonds is 0. The molecule has 2 nitrogen and oxygen atoms in total. The lowest BCUT2D eigenvalue weighted by Gasteiger charge is -2.57. The maximum Gasteiger partial charge on any atom is 0.134 e. The highest BCUT2D eigenvalue weighted by molar-refractivity contribution is 8.02. The molecule has 0 atom stereocenters. The third kappa shape index (κ3) is 1.16. The normalized spacial score (nSPS) is 56.4. The lowest BCUT2D eigenvalue weighted by Crippen LogP contribution is -2.54. The first-order valence-corrected chi connectivity index (χ1v) is 7.53. The van der Waals surface area contributed by atoms with E-state index in [0.29, 0.717) is 0 Å². The second-order valence-corrected chi connectivity index (χ2v) is 8.66. The minimum absolute atomic E-state index is 0.0371. The lowest BCUT2D eigenvalue weighted by atomic mass is 9.54. The van der Waals surface area contributed by atoms with Gasteiger partial charge in [-0.15, -0.1) is 0 Å². The van der Waals surface area contributed by atoms with E-state index < -0.39 is 0 Å². The SMILES string of the molecule is CC1(C)N=NC2(S1)C1CC3CC(C1)CC2C3. The van der Waals surface area contributed by atoms with Crippen molar-refractivity contribution in [3.8, 4) is 0 Å². The summed E-state index contributed by atoms with van der Waals surface area (Å²) in [5.41, 5.74) is 0. The van der Waals surface area contributed by atoms with Crippen LogP contribution in [0.25, 0.3) is 0 Å². The van der Waals surface area contributed by atoms with Crippen molar-refractivity contribution in [3.05, 3.63) is 0 Å². The summed E-state index contributed by atoms with van der Waals surface area (Å²) in [6.45, 7) is 4.45. The van der Waals surface area contributed by atoms with E-state index in [-0.39, 0.29) is 9.74 Å². The minimum Gasteiger partial charge on any atom is -0.175 e. The van der Waals surface area contributed by atoms with Crippen LogP contribution in [-0.4, -0.2) is 9.74 Å². The topological polar surface area (TPSA) is 24.7 Å². The van der Waals surface area contributed by atoms with Gasteiger partial charge in [0.25, 0.3) is 0 Å². The summed E-state index contributed by atoms with van der Waals surface area (Å²) < 4.78 is 0. The predicted molar refractivity (Wildman–Crippen MR) is 66.3 cm³/mol. The summed E-state index contributed by atoms with van der Waals surface area (Å²) in [5, 5.41) is 9.36. The number of hydrogen-bond acceptors (Lipinski definition) is 3. The predicted octanol–water partition coefficient (Wildman–Crippen LogP) is 4.07. The second-order valence-electron chi connectivity index (χ2n) is 6.81. The highest BCUT2D eigenvalue weighted by Gasteiger charge is 2.61. The number of hydrogen-bond donors (Lipinski definition) is 0. The molecule has 4 bridgehead atoms. The molecule has 4 fully saturated rings. The molecule has 1 spiro atoms. The molecule has 0 amide bonds. The van der Waals surface area contributed by atoms with Crippen molar-refractivity contribution in [2.24, 2.45) is 33.9 Å². The fraction of sp³-hybridized carbons (Fsp3) is 1.00. The molecule has 4 aliphatic carbocycles. The average molecular weight is 236 g/mol. The van der Waals surface area contributed by atoms with Crippen molar-refractivity contribution >= 4 is 11.8 Å². The molecule has 0 saturated heterocycles. The van der Waals surface area contributed by atoms with Crippen molar-refractivity contribution in [2.45, 2.75) is 55.7 Å². The molecule has 0 aromatic heterocycles. The Kier molecular flexibility index (Phi) is 1.77. The maximum absolute atomic E-state index is 4.81. The Labute approximate surface area is 102 Å². The highest BCUT2D eigenvalue weighted by Crippen LogP contribution is 2.67. The fourth-order valence-corrected chi connectivity index (χ4v) is 6.51. The molecule has 0 unspecified atom stereocenters. The van der Waals surface area contributed by atoms with Gasteiger partial charge in [0.2, 0.25) is 0 Å². The van der Waals surface area contributed by atoms with Crippen LogP contribution >= 0.6 is 11.8 Å². The first-order chi connectivity index (χ1) is 7.57. The van der Waals surface area contributed by atoms with Crippen LogP contribution < -0.4 is 0 Å². The first kappa shape index (κ1) is 9.93. The van der Waals surface area contributed by atoms with Gasteiger partial charge in [-0.2, -0.15) is 10.2 Å². The Morgan fingerprint density at radius 2 is 1.44 bits per heavy atom. The molecule has 0 radical (unpaired) electrons. The van der Waals surface area contributed by atoms with E-state index in [4.69, 9.17) is 5.11 Å². The van der Waals surface area contributed by atoms with Crippen LogP contribution in [0, 0.1) is 23.7 Å². The van der Waals surface area contributed by atoms with Gasteiger partial charge in [0.1, 0.15) is 9.74 Å². The van der Waals surface area contributed by atoms with Gasteiger partial charge in [0.15, 0.2) is 0 Å². The summed E-state index contributed by atoms with van der Waals surface area (Å²) in [6.07, 6.45) is 7.28. The molecule has 5 aliphatic rings. The van der Waals surface area contributed by atoms with Gasteiger partial charge in [0.05, 0.1) is 0 Å². The standard InChI is InChI=1S/C13H20N2S/c1-12(2)14-15-13(16-12)10-4-8-3-9(6-10)7-11(13)5-8/h8-11H,3-7H2,1-2H3. The lowest BCUT2D eigenvalue weighted by molar-refractivity contribution is -0.0142. The maximum atomic E-state index is 4.81. The van der Waals surface area contributed by atoms with Crippen LogP contribution in [0.2, 0.25) is 0 Å². The van der Waals surface area contributed by atoms with Crippen LogP contribution in [0.4, 0.5) is 0 Å². The van der Waals surface area contributed by atoms with E-state index in [1.807, 2.05) is 0 Å². The van der Waals surface area contributed by atoms with E-state index in [1.54, 1.807) is 0 Å². The number of azo groups is 1. The van der Waals surface area contributed by atoms with Crippen molar-refractivity contribution in [1.82, 2.24) is 0 Å². The Bertz CT molecular complexity index is 333. The van der Waals surface area contributed by atoms with Crippen LogP contribution in [0.3, 0.4) is 0 Å². The fourth-order valence-electron chi connectivity index (χ4n) is 4.83. The zero-order valence-corrected chi connectivity index (χ0v) is 11.0. The number of nitrogens with zero attached hydrogens (tertiary/aromatic N) is 2. The molecular formula is C13H20N2S. The molecule has 1 heterocycles. The molecule has 4 saturated carbocycles. The third-order valence-corrected chi connectivity index (χ3v) is 6.82. The molecule has 1 aliphatic heterocycles. The molecule has 16 heavy (non-hydrogen) atoms. The molecule has 88 valence electrons. The van der Waals surface area contributed by atoms with Gasteiger partial charge < -0.3 is 0 Å². The summed E-state index contributed by atoms with van der Waals surface area (Å²) in [7, 11) is 0. The van der Waals surface area contributed by atoms with E-state index >= 15 is 0 Å². The van der Waals surface area contributed by atoms with E-state index in [0.717, 1.165) is 23.7 Å². The van der Waals surface area contributed by atoms with Crippen molar-refractivity contribution < 1.29 is 0 Å². The zero-order chi connectivity index (χ0) is 11.0. The quantitative estimate of drug-likeness (QED) is 0.622. The van der Waals surface area contributed by atoms with Gasteiger partial charge in [-0.3, -0.25) is 0 Å². The van der Waals surface area contributed by atoms with Crippen molar-refractivity contribution in [3.63, 3.8) is 0 Å². The van der Waals surface area contributed by atoms with Gasteiger partial charge in [0, 0.05) is 0 Å². The Morgan fingerprint density at radius 1 is 0.875 bits per heavy atom. The Hall–Kier alpha value is -0.0500. The summed E-state index contributed by atoms with van der Waals surface area (Å²) >= 11 is 2.07. The molecule has 0 aromatic carbocycles. The zero-order valence-electron chi connectivity index (χ0n) is 10.1. The molecule has 3 heteroatoms. The third-order valence-electron chi connectivity index (χ3n) is 5.17. The largest absolute Gasteiger partial charge is 0.175 e. The minimum atomic E-state index is 0.0371. The molecular weight excluding hydrogens is 216 g/mol. The first-order valence-electron chi connectivity index (χ1n) is 6.72. The van der Waals surface area contributed by atoms with Crippen LogP contribution in [0.5, 0.6) is 0 Å². The van der Waals surface area contributed by atoms with Crippen LogP contribution in [0.1, 0.15) is 46.0 Å². The van der Waals surface area contributed by atoms with Crippen molar-refractivity contribution in [2.75, 3.05) is 0 Å². The Balaban J connectivity index is 1.73. The molecule has 5 rings (SSSR count). The summed E-state index contributed by atoms with van der Waals surface area (Å²) in [6, 6.07) is 0. The Morgan fingerprint density at radius 3 is 1.88 bits per heavy atom.